The van der Waals surface area contributed by atoms with Crippen molar-refractivity contribution in [3.63, 3.8) is 0 Å². The molecule has 0 saturated heterocycles. The molecule has 116 valence electrons. The Kier molecular flexibility index (Phi) is 4.30. The monoisotopic (exact) mass is 302 g/mol. The molecule has 0 unspecified atom stereocenters. The molecule has 0 radical (unpaired) electrons. The number of carbonyl (C=O) groups excluding carboxylic acids is 2. The van der Waals surface area contributed by atoms with Crippen molar-refractivity contribution in [2.24, 2.45) is 0 Å². The number of amides is 1. The lowest BCUT2D eigenvalue weighted by molar-refractivity contribution is -0.114. The SMILES string of the molecule is CC(=O)Nc1ccc(OC(=O)c2conc2C(C)(C)C)cc1. The molecular formula is C16H18N2O4. The summed E-state index contributed by atoms with van der Waals surface area (Å²) in [5.41, 5.74) is 1.16. The Hall–Kier alpha value is -2.63. The van der Waals surface area contributed by atoms with Gasteiger partial charge in [0.25, 0.3) is 0 Å². The summed E-state index contributed by atoms with van der Waals surface area (Å²) in [6, 6.07) is 6.52. The molecule has 0 atom stereocenters. The summed E-state index contributed by atoms with van der Waals surface area (Å²) < 4.78 is 10.2. The highest BCUT2D eigenvalue weighted by atomic mass is 16.5. The van der Waals surface area contributed by atoms with E-state index >= 15 is 0 Å². The summed E-state index contributed by atoms with van der Waals surface area (Å²) in [4.78, 5) is 23.2. The molecule has 6 nitrogen and oxygen atoms in total. The van der Waals surface area contributed by atoms with E-state index in [9.17, 15) is 9.59 Å². The first-order valence-electron chi connectivity index (χ1n) is 6.82. The number of hydrogen-bond donors (Lipinski definition) is 1. The van der Waals surface area contributed by atoms with Crippen LogP contribution in [0.3, 0.4) is 0 Å². The molecule has 0 aliphatic carbocycles. The highest BCUT2D eigenvalue weighted by Crippen LogP contribution is 2.25. The molecule has 1 N–H and O–H groups in total. The average Bonchev–Trinajstić information content (AvgIpc) is 2.89. The predicted molar refractivity (Wildman–Crippen MR) is 80.9 cm³/mol. The quantitative estimate of drug-likeness (QED) is 0.695. The number of nitrogens with one attached hydrogen (secondary N) is 1. The Morgan fingerprint density at radius 3 is 2.36 bits per heavy atom. The van der Waals surface area contributed by atoms with Gasteiger partial charge in [0.05, 0.1) is 0 Å². The maximum Gasteiger partial charge on any atom is 0.348 e. The van der Waals surface area contributed by atoms with Crippen LogP contribution >= 0.6 is 0 Å². The summed E-state index contributed by atoms with van der Waals surface area (Å²) in [6.45, 7) is 7.23. The molecule has 2 rings (SSSR count). The Bertz CT molecular complexity index is 681. The van der Waals surface area contributed by atoms with Crippen LogP contribution in [0.5, 0.6) is 5.75 Å². The van der Waals surface area contributed by atoms with Crippen LogP contribution in [0.25, 0.3) is 0 Å². The summed E-state index contributed by atoms with van der Waals surface area (Å²) in [7, 11) is 0. The Morgan fingerprint density at radius 2 is 1.82 bits per heavy atom. The van der Waals surface area contributed by atoms with Crippen molar-refractivity contribution in [2.45, 2.75) is 33.1 Å². The van der Waals surface area contributed by atoms with E-state index in [0.717, 1.165) is 0 Å². The number of carbonyl (C=O) groups is 2. The fourth-order valence-corrected chi connectivity index (χ4v) is 1.89. The van der Waals surface area contributed by atoms with Crippen molar-refractivity contribution in [1.29, 1.82) is 0 Å². The topological polar surface area (TPSA) is 81.4 Å². The number of anilines is 1. The number of esters is 1. The second kappa shape index (κ2) is 6.01. The lowest BCUT2D eigenvalue weighted by Crippen LogP contribution is -2.19. The zero-order valence-electron chi connectivity index (χ0n) is 13.0. The molecule has 0 bridgehead atoms. The van der Waals surface area contributed by atoms with E-state index in [4.69, 9.17) is 9.26 Å². The van der Waals surface area contributed by atoms with E-state index in [2.05, 4.69) is 10.5 Å². The van der Waals surface area contributed by atoms with Crippen molar-refractivity contribution in [3.8, 4) is 5.75 Å². The molecule has 6 heteroatoms. The van der Waals surface area contributed by atoms with Crippen molar-refractivity contribution in [3.05, 3.63) is 41.8 Å². The fourth-order valence-electron chi connectivity index (χ4n) is 1.89. The minimum absolute atomic E-state index is 0.163. The van der Waals surface area contributed by atoms with Crippen LogP contribution in [0, 0.1) is 0 Å². The maximum absolute atomic E-state index is 12.2. The molecule has 1 aromatic carbocycles. The Balaban J connectivity index is 2.13. The van der Waals surface area contributed by atoms with Crippen molar-refractivity contribution < 1.29 is 18.8 Å². The fraction of sp³-hybridized carbons (Fsp3) is 0.312. The smallest absolute Gasteiger partial charge is 0.348 e. The second-order valence-corrected chi connectivity index (χ2v) is 5.92. The van der Waals surface area contributed by atoms with Crippen LogP contribution in [0.4, 0.5) is 5.69 Å². The first kappa shape index (κ1) is 15.8. The third-order valence-electron chi connectivity index (χ3n) is 2.89. The largest absolute Gasteiger partial charge is 0.423 e. The molecule has 2 aromatic rings. The van der Waals surface area contributed by atoms with Crippen molar-refractivity contribution in [2.75, 3.05) is 5.32 Å². The highest BCUT2D eigenvalue weighted by Gasteiger charge is 2.27. The molecule has 1 aromatic heterocycles. The lowest BCUT2D eigenvalue weighted by Gasteiger charge is -2.15. The summed E-state index contributed by atoms with van der Waals surface area (Å²) >= 11 is 0. The number of ether oxygens (including phenoxy) is 1. The van der Waals surface area contributed by atoms with Gasteiger partial charge in [0, 0.05) is 18.0 Å². The first-order valence-corrected chi connectivity index (χ1v) is 6.82. The Labute approximate surface area is 128 Å². The second-order valence-electron chi connectivity index (χ2n) is 5.92. The average molecular weight is 302 g/mol. The molecule has 0 aliphatic rings. The van der Waals surface area contributed by atoms with E-state index in [0.29, 0.717) is 22.7 Å². The van der Waals surface area contributed by atoms with Gasteiger partial charge in [-0.1, -0.05) is 25.9 Å². The van der Waals surface area contributed by atoms with Gasteiger partial charge in [-0.05, 0) is 24.3 Å². The molecule has 0 fully saturated rings. The van der Waals surface area contributed by atoms with Crippen LogP contribution in [-0.2, 0) is 10.2 Å². The van der Waals surface area contributed by atoms with Gasteiger partial charge in [-0.25, -0.2) is 4.79 Å². The standard InChI is InChI=1S/C16H18N2O4/c1-10(19)17-11-5-7-12(8-6-11)22-15(20)13-9-21-18-14(13)16(2,3)4/h5-9H,1-4H3,(H,17,19). The van der Waals surface area contributed by atoms with Crippen LogP contribution < -0.4 is 10.1 Å². The van der Waals surface area contributed by atoms with Gasteiger partial charge >= 0.3 is 5.97 Å². The van der Waals surface area contributed by atoms with Gasteiger partial charge in [0.1, 0.15) is 23.3 Å². The zero-order valence-corrected chi connectivity index (χ0v) is 13.0. The number of aromatic nitrogens is 1. The molecule has 1 amide bonds. The molecule has 0 aliphatic heterocycles. The third-order valence-corrected chi connectivity index (χ3v) is 2.89. The minimum atomic E-state index is -0.529. The van der Waals surface area contributed by atoms with Gasteiger partial charge < -0.3 is 14.6 Å². The van der Waals surface area contributed by atoms with Crippen LogP contribution in [0.15, 0.2) is 35.1 Å². The number of rotatable bonds is 3. The van der Waals surface area contributed by atoms with Crippen molar-refractivity contribution in [1.82, 2.24) is 5.16 Å². The van der Waals surface area contributed by atoms with Gasteiger partial charge in [-0.2, -0.15) is 0 Å². The van der Waals surface area contributed by atoms with Crippen molar-refractivity contribution >= 4 is 17.6 Å². The summed E-state index contributed by atoms with van der Waals surface area (Å²) in [6.07, 6.45) is 1.29. The first-order chi connectivity index (χ1) is 10.3. The molecule has 0 saturated carbocycles. The third kappa shape index (κ3) is 3.72. The van der Waals surface area contributed by atoms with Gasteiger partial charge in [0.15, 0.2) is 0 Å². The van der Waals surface area contributed by atoms with E-state index in [-0.39, 0.29) is 11.3 Å². The number of benzene rings is 1. The lowest BCUT2D eigenvalue weighted by atomic mass is 9.89. The molecule has 1 heterocycles. The normalized spacial score (nSPS) is 11.1. The highest BCUT2D eigenvalue weighted by molar-refractivity contribution is 5.92. The maximum atomic E-state index is 12.2. The van der Waals surface area contributed by atoms with E-state index in [1.165, 1.54) is 13.2 Å². The Morgan fingerprint density at radius 1 is 1.18 bits per heavy atom. The summed E-state index contributed by atoms with van der Waals surface area (Å²) in [5, 5.41) is 6.51. The number of hydrogen-bond acceptors (Lipinski definition) is 5. The zero-order chi connectivity index (χ0) is 16.3. The van der Waals surface area contributed by atoms with Crippen LogP contribution in [0.2, 0.25) is 0 Å². The van der Waals surface area contributed by atoms with E-state index < -0.39 is 5.97 Å². The van der Waals surface area contributed by atoms with Gasteiger partial charge in [-0.3, -0.25) is 4.79 Å². The molecule has 22 heavy (non-hydrogen) atoms. The molecular weight excluding hydrogens is 284 g/mol. The summed E-state index contributed by atoms with van der Waals surface area (Å²) in [5.74, 6) is -0.317. The number of nitrogens with zero attached hydrogens (tertiary/aromatic N) is 1. The minimum Gasteiger partial charge on any atom is -0.423 e. The predicted octanol–water partition coefficient (Wildman–Crippen LogP) is 3.15. The van der Waals surface area contributed by atoms with Gasteiger partial charge in [-0.15, -0.1) is 0 Å². The van der Waals surface area contributed by atoms with E-state index in [1.807, 2.05) is 20.8 Å². The van der Waals surface area contributed by atoms with E-state index in [1.54, 1.807) is 24.3 Å². The molecule has 0 spiro atoms. The van der Waals surface area contributed by atoms with Crippen LogP contribution in [-0.4, -0.2) is 17.0 Å². The van der Waals surface area contributed by atoms with Crippen LogP contribution in [0.1, 0.15) is 43.7 Å². The van der Waals surface area contributed by atoms with Gasteiger partial charge in [0.2, 0.25) is 5.91 Å².